The quantitative estimate of drug-likeness (QED) is 0.847. The third kappa shape index (κ3) is 2.39. The van der Waals surface area contributed by atoms with Gasteiger partial charge in [-0.05, 0) is 25.0 Å². The first-order valence-electron chi connectivity index (χ1n) is 6.50. The smallest absolute Gasteiger partial charge is 0.264 e. The maximum absolute atomic E-state index is 12.8. The van der Waals surface area contributed by atoms with Crippen LogP contribution in [0.25, 0.3) is 11.4 Å². The van der Waals surface area contributed by atoms with Crippen molar-refractivity contribution in [2.45, 2.75) is 37.9 Å². The number of hydrogen-bond acceptors (Lipinski definition) is 3. The standard InChI is InChI=1S/C13H13F3N4/c14-13(15,16)12-18-11(9-4-3-7-17-8-9)20(19-12)10-5-1-2-6-10/h3-4,7-8,10H,1-2,5-6H2. The summed E-state index contributed by atoms with van der Waals surface area (Å²) in [5.74, 6) is -0.833. The van der Waals surface area contributed by atoms with Gasteiger partial charge in [-0.1, -0.05) is 12.8 Å². The summed E-state index contributed by atoms with van der Waals surface area (Å²) in [6, 6.07) is 3.37. The van der Waals surface area contributed by atoms with E-state index in [4.69, 9.17) is 0 Å². The minimum atomic E-state index is -4.53. The maximum atomic E-state index is 12.8. The van der Waals surface area contributed by atoms with Crippen molar-refractivity contribution in [3.63, 3.8) is 0 Å². The number of hydrogen-bond donors (Lipinski definition) is 0. The Kier molecular flexibility index (Phi) is 3.19. The summed E-state index contributed by atoms with van der Waals surface area (Å²) in [4.78, 5) is 7.62. The number of aromatic nitrogens is 4. The van der Waals surface area contributed by atoms with Crippen LogP contribution in [0, 0.1) is 0 Å². The third-order valence-electron chi connectivity index (χ3n) is 3.48. The molecule has 0 bridgehead atoms. The van der Waals surface area contributed by atoms with Crippen LogP contribution in [0.2, 0.25) is 0 Å². The van der Waals surface area contributed by atoms with E-state index in [9.17, 15) is 13.2 Å². The predicted octanol–water partition coefficient (Wildman–Crippen LogP) is 3.47. The molecule has 4 nitrogen and oxygen atoms in total. The zero-order valence-corrected chi connectivity index (χ0v) is 10.6. The molecule has 20 heavy (non-hydrogen) atoms. The number of halogens is 3. The molecule has 0 aliphatic heterocycles. The highest BCUT2D eigenvalue weighted by Gasteiger charge is 2.38. The molecule has 0 aromatic carbocycles. The zero-order chi connectivity index (χ0) is 14.2. The van der Waals surface area contributed by atoms with E-state index in [2.05, 4.69) is 15.1 Å². The van der Waals surface area contributed by atoms with Gasteiger partial charge in [0.2, 0.25) is 0 Å². The first kappa shape index (κ1) is 13.1. The molecular formula is C13H13F3N4. The van der Waals surface area contributed by atoms with Gasteiger partial charge in [-0.2, -0.15) is 13.2 Å². The molecule has 0 saturated heterocycles. The highest BCUT2D eigenvalue weighted by atomic mass is 19.4. The van der Waals surface area contributed by atoms with E-state index in [-0.39, 0.29) is 11.9 Å². The van der Waals surface area contributed by atoms with Gasteiger partial charge in [0.05, 0.1) is 6.04 Å². The second-order valence-corrected chi connectivity index (χ2v) is 4.88. The molecule has 2 heterocycles. The molecule has 0 N–H and O–H groups in total. The fourth-order valence-corrected chi connectivity index (χ4v) is 2.54. The molecule has 7 heteroatoms. The number of nitrogens with zero attached hydrogens (tertiary/aromatic N) is 4. The minimum Gasteiger partial charge on any atom is -0.264 e. The Balaban J connectivity index is 2.09. The predicted molar refractivity (Wildman–Crippen MR) is 65.8 cm³/mol. The Hall–Kier alpha value is -1.92. The summed E-state index contributed by atoms with van der Waals surface area (Å²) in [6.45, 7) is 0. The molecule has 106 valence electrons. The van der Waals surface area contributed by atoms with Gasteiger partial charge in [-0.25, -0.2) is 9.67 Å². The Morgan fingerprint density at radius 1 is 1.20 bits per heavy atom. The molecule has 1 saturated carbocycles. The van der Waals surface area contributed by atoms with E-state index in [0.29, 0.717) is 5.56 Å². The summed E-state index contributed by atoms with van der Waals surface area (Å²) >= 11 is 0. The highest BCUT2D eigenvalue weighted by Crippen LogP contribution is 2.35. The molecule has 2 aromatic rings. The van der Waals surface area contributed by atoms with E-state index in [1.807, 2.05) is 0 Å². The van der Waals surface area contributed by atoms with Gasteiger partial charge >= 0.3 is 6.18 Å². The van der Waals surface area contributed by atoms with Crippen molar-refractivity contribution < 1.29 is 13.2 Å². The lowest BCUT2D eigenvalue weighted by Crippen LogP contribution is -2.11. The molecule has 1 aliphatic rings. The second-order valence-electron chi connectivity index (χ2n) is 4.88. The van der Waals surface area contributed by atoms with Crippen LogP contribution < -0.4 is 0 Å². The minimum absolute atomic E-state index is 0.00574. The van der Waals surface area contributed by atoms with Crippen LogP contribution >= 0.6 is 0 Å². The average Bonchev–Trinajstić information content (AvgIpc) is 3.08. The lowest BCUT2D eigenvalue weighted by molar-refractivity contribution is -0.145. The highest BCUT2D eigenvalue weighted by molar-refractivity contribution is 5.53. The van der Waals surface area contributed by atoms with Gasteiger partial charge in [0.1, 0.15) is 0 Å². The van der Waals surface area contributed by atoms with Gasteiger partial charge < -0.3 is 0 Å². The van der Waals surface area contributed by atoms with E-state index >= 15 is 0 Å². The van der Waals surface area contributed by atoms with E-state index < -0.39 is 12.0 Å². The van der Waals surface area contributed by atoms with Crippen molar-refractivity contribution >= 4 is 0 Å². The van der Waals surface area contributed by atoms with Crippen LogP contribution in [-0.2, 0) is 6.18 Å². The van der Waals surface area contributed by atoms with Gasteiger partial charge in [0.25, 0.3) is 5.82 Å². The SMILES string of the molecule is FC(F)(F)c1nc(-c2cccnc2)n(C2CCCC2)n1. The van der Waals surface area contributed by atoms with Gasteiger partial charge in [-0.3, -0.25) is 4.98 Å². The van der Waals surface area contributed by atoms with Crippen LogP contribution in [0.1, 0.15) is 37.5 Å². The molecule has 3 rings (SSSR count). The van der Waals surface area contributed by atoms with Crippen molar-refractivity contribution in [1.82, 2.24) is 19.7 Å². The fourth-order valence-electron chi connectivity index (χ4n) is 2.54. The molecule has 1 aliphatic carbocycles. The van der Waals surface area contributed by atoms with Crippen LogP contribution in [0.3, 0.4) is 0 Å². The monoisotopic (exact) mass is 282 g/mol. The molecular weight excluding hydrogens is 269 g/mol. The summed E-state index contributed by atoms with van der Waals surface area (Å²) in [7, 11) is 0. The Bertz CT molecular complexity index is 585. The van der Waals surface area contributed by atoms with E-state index in [1.165, 1.54) is 10.9 Å². The Morgan fingerprint density at radius 3 is 2.55 bits per heavy atom. The van der Waals surface area contributed by atoms with Crippen molar-refractivity contribution in [3.05, 3.63) is 30.4 Å². The molecule has 0 spiro atoms. The second kappa shape index (κ2) is 4.88. The van der Waals surface area contributed by atoms with Gasteiger partial charge in [0, 0.05) is 18.0 Å². The summed E-state index contributed by atoms with van der Waals surface area (Å²) in [6.07, 6.45) is 2.26. The molecule has 0 radical (unpaired) electrons. The fraction of sp³-hybridized carbons (Fsp3) is 0.462. The average molecular weight is 282 g/mol. The number of alkyl halides is 3. The van der Waals surface area contributed by atoms with Crippen LogP contribution in [0.4, 0.5) is 13.2 Å². The van der Waals surface area contributed by atoms with Crippen molar-refractivity contribution in [1.29, 1.82) is 0 Å². The third-order valence-corrected chi connectivity index (χ3v) is 3.48. The van der Waals surface area contributed by atoms with Gasteiger partial charge in [-0.15, -0.1) is 5.10 Å². The number of pyridine rings is 1. The first-order chi connectivity index (χ1) is 9.55. The van der Waals surface area contributed by atoms with Crippen molar-refractivity contribution in [2.24, 2.45) is 0 Å². The summed E-state index contributed by atoms with van der Waals surface area (Å²) in [5, 5.41) is 3.69. The Morgan fingerprint density at radius 2 is 1.95 bits per heavy atom. The van der Waals surface area contributed by atoms with Crippen LogP contribution in [0.5, 0.6) is 0 Å². The van der Waals surface area contributed by atoms with Crippen molar-refractivity contribution in [3.8, 4) is 11.4 Å². The van der Waals surface area contributed by atoms with E-state index in [0.717, 1.165) is 25.7 Å². The van der Waals surface area contributed by atoms with Gasteiger partial charge in [0.15, 0.2) is 5.82 Å². The van der Waals surface area contributed by atoms with Crippen LogP contribution in [-0.4, -0.2) is 19.7 Å². The molecule has 2 aromatic heterocycles. The molecule has 0 unspecified atom stereocenters. The summed E-state index contributed by atoms with van der Waals surface area (Å²) < 4.78 is 39.9. The largest absolute Gasteiger partial charge is 0.453 e. The lowest BCUT2D eigenvalue weighted by Gasteiger charge is -2.12. The Labute approximate surface area is 113 Å². The molecule has 0 amide bonds. The topological polar surface area (TPSA) is 43.6 Å². The maximum Gasteiger partial charge on any atom is 0.453 e. The van der Waals surface area contributed by atoms with Crippen LogP contribution in [0.15, 0.2) is 24.5 Å². The summed E-state index contributed by atoms with van der Waals surface area (Å²) in [5.41, 5.74) is 0.558. The first-order valence-corrected chi connectivity index (χ1v) is 6.50. The van der Waals surface area contributed by atoms with Crippen molar-refractivity contribution in [2.75, 3.05) is 0 Å². The zero-order valence-electron chi connectivity index (χ0n) is 10.6. The van der Waals surface area contributed by atoms with E-state index in [1.54, 1.807) is 18.3 Å². The molecule has 1 fully saturated rings. The number of rotatable bonds is 2. The molecule has 0 atom stereocenters. The lowest BCUT2D eigenvalue weighted by atomic mass is 10.2. The normalized spacial score (nSPS) is 16.8.